The Labute approximate surface area is 217 Å². The van der Waals surface area contributed by atoms with Crippen molar-refractivity contribution in [3.63, 3.8) is 0 Å². The summed E-state index contributed by atoms with van der Waals surface area (Å²) in [4.78, 5) is 34.7. The van der Waals surface area contributed by atoms with E-state index in [0.717, 1.165) is 23.6 Å². The highest BCUT2D eigenvalue weighted by molar-refractivity contribution is 7.99. The summed E-state index contributed by atoms with van der Waals surface area (Å²) >= 11 is 1.19. The predicted molar refractivity (Wildman–Crippen MR) is 141 cm³/mol. The number of anilines is 1. The zero-order chi connectivity index (χ0) is 25.6. The fourth-order valence-electron chi connectivity index (χ4n) is 4.07. The van der Waals surface area contributed by atoms with Gasteiger partial charge in [0.15, 0.2) is 5.16 Å². The lowest BCUT2D eigenvalue weighted by Gasteiger charge is -2.27. The van der Waals surface area contributed by atoms with Gasteiger partial charge in [-0.1, -0.05) is 42.1 Å². The number of para-hydroxylation sites is 1. The molecule has 1 aliphatic rings. The zero-order valence-corrected chi connectivity index (χ0v) is 20.8. The lowest BCUT2D eigenvalue weighted by atomic mass is 10.1. The molecule has 0 saturated carbocycles. The highest BCUT2D eigenvalue weighted by Crippen LogP contribution is 2.23. The maximum atomic E-state index is 13.2. The minimum atomic E-state index is -0.265. The molecule has 188 valence electrons. The fraction of sp³-hybridized carbons (Fsp3) is 0.179. The molecule has 7 nitrogen and oxygen atoms in total. The SMILES string of the molecule is O=C(CSc1nc2c(c(=O)[nH]1)CN(Cc1ccc(F)cc1)CC2)Nc1ccc(Oc2ccccc2)cc1. The molecular weight excluding hydrogens is 491 g/mol. The Balaban J connectivity index is 1.14. The van der Waals surface area contributed by atoms with Gasteiger partial charge in [0.1, 0.15) is 17.3 Å². The van der Waals surface area contributed by atoms with Gasteiger partial charge in [-0.05, 0) is 54.1 Å². The first-order valence-corrected chi connectivity index (χ1v) is 12.8. The Bertz CT molecular complexity index is 1430. The van der Waals surface area contributed by atoms with Crippen LogP contribution in [0.3, 0.4) is 0 Å². The van der Waals surface area contributed by atoms with Crippen molar-refractivity contribution < 1.29 is 13.9 Å². The maximum absolute atomic E-state index is 13.2. The average molecular weight is 517 g/mol. The van der Waals surface area contributed by atoms with E-state index < -0.39 is 0 Å². The van der Waals surface area contributed by atoms with Crippen molar-refractivity contribution in [3.05, 3.63) is 112 Å². The summed E-state index contributed by atoms with van der Waals surface area (Å²) in [5.74, 6) is 1.06. The zero-order valence-electron chi connectivity index (χ0n) is 19.9. The van der Waals surface area contributed by atoms with Crippen molar-refractivity contribution in [2.75, 3.05) is 17.6 Å². The summed E-state index contributed by atoms with van der Waals surface area (Å²) in [6.45, 7) is 1.86. The Morgan fingerprint density at radius 2 is 1.76 bits per heavy atom. The number of ether oxygens (including phenoxy) is 1. The minimum Gasteiger partial charge on any atom is -0.457 e. The third-order valence-electron chi connectivity index (χ3n) is 5.90. The first-order valence-electron chi connectivity index (χ1n) is 11.9. The smallest absolute Gasteiger partial charge is 0.256 e. The van der Waals surface area contributed by atoms with E-state index in [9.17, 15) is 14.0 Å². The number of H-pyrrole nitrogens is 1. The number of rotatable bonds is 8. The Morgan fingerprint density at radius 1 is 1.03 bits per heavy atom. The molecule has 0 radical (unpaired) electrons. The molecule has 1 amide bonds. The standard InChI is InChI=1S/C28H25FN4O3S/c29-20-8-6-19(7-9-20)16-33-15-14-25-24(17-33)27(35)32-28(31-25)37-18-26(34)30-21-10-12-23(13-11-21)36-22-4-2-1-3-5-22/h1-13H,14-18H2,(H,30,34)(H,31,32,35). The molecule has 0 bridgehead atoms. The molecule has 9 heteroatoms. The number of aromatic nitrogens is 2. The van der Waals surface area contributed by atoms with Crippen LogP contribution in [0, 0.1) is 5.82 Å². The van der Waals surface area contributed by atoms with Gasteiger partial charge in [-0.3, -0.25) is 14.5 Å². The second-order valence-electron chi connectivity index (χ2n) is 8.66. The molecule has 3 aromatic carbocycles. The Hall–Kier alpha value is -3.95. The van der Waals surface area contributed by atoms with E-state index in [4.69, 9.17) is 4.74 Å². The van der Waals surface area contributed by atoms with Crippen LogP contribution in [-0.4, -0.2) is 33.1 Å². The Morgan fingerprint density at radius 3 is 2.51 bits per heavy atom. The monoisotopic (exact) mass is 516 g/mol. The largest absolute Gasteiger partial charge is 0.457 e. The van der Waals surface area contributed by atoms with E-state index >= 15 is 0 Å². The van der Waals surface area contributed by atoms with Gasteiger partial charge in [-0.15, -0.1) is 0 Å². The summed E-state index contributed by atoms with van der Waals surface area (Å²) in [6.07, 6.45) is 0.637. The molecule has 2 N–H and O–H groups in total. The number of fused-ring (bicyclic) bond motifs is 1. The van der Waals surface area contributed by atoms with E-state index in [0.29, 0.717) is 41.7 Å². The molecule has 0 atom stereocenters. The number of hydrogen-bond donors (Lipinski definition) is 2. The van der Waals surface area contributed by atoms with Crippen LogP contribution in [0.4, 0.5) is 10.1 Å². The number of amides is 1. The molecular formula is C28H25FN4O3S. The molecule has 0 spiro atoms. The van der Waals surface area contributed by atoms with Crippen molar-refractivity contribution in [2.45, 2.75) is 24.7 Å². The number of nitrogens with one attached hydrogen (secondary N) is 2. The number of nitrogens with zero attached hydrogens (tertiary/aromatic N) is 2. The summed E-state index contributed by atoms with van der Waals surface area (Å²) in [5.41, 5.74) is 2.85. The average Bonchev–Trinajstić information content (AvgIpc) is 2.91. The molecule has 1 aromatic heterocycles. The van der Waals surface area contributed by atoms with Crippen molar-refractivity contribution in [1.29, 1.82) is 0 Å². The van der Waals surface area contributed by atoms with Crippen LogP contribution in [0.5, 0.6) is 11.5 Å². The second-order valence-corrected chi connectivity index (χ2v) is 9.62. The molecule has 2 heterocycles. The molecule has 0 unspecified atom stereocenters. The highest BCUT2D eigenvalue weighted by Gasteiger charge is 2.21. The van der Waals surface area contributed by atoms with Gasteiger partial charge < -0.3 is 15.0 Å². The fourth-order valence-corrected chi connectivity index (χ4v) is 4.75. The molecule has 5 rings (SSSR count). The molecule has 0 fully saturated rings. The van der Waals surface area contributed by atoms with Gasteiger partial charge >= 0.3 is 0 Å². The van der Waals surface area contributed by atoms with Gasteiger partial charge in [0.25, 0.3) is 5.56 Å². The second kappa shape index (κ2) is 11.4. The first-order chi connectivity index (χ1) is 18.0. The van der Waals surface area contributed by atoms with Gasteiger partial charge in [-0.2, -0.15) is 0 Å². The van der Waals surface area contributed by atoms with Crippen LogP contribution in [-0.2, 0) is 24.3 Å². The summed E-state index contributed by atoms with van der Waals surface area (Å²) in [7, 11) is 0. The Kier molecular flexibility index (Phi) is 7.62. The van der Waals surface area contributed by atoms with Gasteiger partial charge in [0, 0.05) is 31.7 Å². The topological polar surface area (TPSA) is 87.3 Å². The van der Waals surface area contributed by atoms with E-state index in [2.05, 4.69) is 20.2 Å². The number of carbonyl (C=O) groups excluding carboxylic acids is 1. The van der Waals surface area contributed by atoms with Crippen molar-refractivity contribution in [2.24, 2.45) is 0 Å². The van der Waals surface area contributed by atoms with Gasteiger partial charge in [0.05, 0.1) is 17.0 Å². The first kappa shape index (κ1) is 24.7. The lowest BCUT2D eigenvalue weighted by molar-refractivity contribution is -0.113. The van der Waals surface area contributed by atoms with Crippen LogP contribution in [0.15, 0.2) is 88.8 Å². The van der Waals surface area contributed by atoms with Crippen molar-refractivity contribution >= 4 is 23.4 Å². The van der Waals surface area contributed by atoms with E-state index in [1.54, 1.807) is 36.4 Å². The quantitative estimate of drug-likeness (QED) is 0.253. The molecule has 0 saturated heterocycles. The number of benzene rings is 3. The number of carbonyl (C=O) groups is 1. The lowest BCUT2D eigenvalue weighted by Crippen LogP contribution is -2.35. The summed E-state index contributed by atoms with van der Waals surface area (Å²) < 4.78 is 18.9. The van der Waals surface area contributed by atoms with E-state index in [1.807, 2.05) is 30.3 Å². The van der Waals surface area contributed by atoms with Crippen LogP contribution in [0.2, 0.25) is 0 Å². The number of hydrogen-bond acceptors (Lipinski definition) is 6. The van der Waals surface area contributed by atoms with Crippen molar-refractivity contribution in [1.82, 2.24) is 14.9 Å². The summed E-state index contributed by atoms with van der Waals surface area (Å²) in [5, 5.41) is 3.28. The third-order valence-corrected chi connectivity index (χ3v) is 6.78. The molecule has 1 aliphatic heterocycles. The van der Waals surface area contributed by atoms with Crippen LogP contribution in [0.25, 0.3) is 0 Å². The predicted octanol–water partition coefficient (Wildman–Crippen LogP) is 4.99. The minimum absolute atomic E-state index is 0.112. The summed E-state index contributed by atoms with van der Waals surface area (Å²) in [6, 6.07) is 23.0. The normalized spacial score (nSPS) is 13.1. The third kappa shape index (κ3) is 6.63. The van der Waals surface area contributed by atoms with E-state index in [-0.39, 0.29) is 23.0 Å². The van der Waals surface area contributed by atoms with Gasteiger partial charge in [-0.25, -0.2) is 9.37 Å². The van der Waals surface area contributed by atoms with Gasteiger partial charge in [0.2, 0.25) is 5.91 Å². The highest BCUT2D eigenvalue weighted by atomic mass is 32.2. The van der Waals surface area contributed by atoms with E-state index in [1.165, 1.54) is 23.9 Å². The number of aromatic amines is 1. The van der Waals surface area contributed by atoms with Crippen LogP contribution >= 0.6 is 11.8 Å². The molecule has 37 heavy (non-hydrogen) atoms. The molecule has 0 aliphatic carbocycles. The van der Waals surface area contributed by atoms with Crippen LogP contribution in [0.1, 0.15) is 16.8 Å². The molecule has 4 aromatic rings. The maximum Gasteiger partial charge on any atom is 0.256 e. The van der Waals surface area contributed by atoms with Crippen molar-refractivity contribution in [3.8, 4) is 11.5 Å². The van der Waals surface area contributed by atoms with Crippen LogP contribution < -0.4 is 15.6 Å². The number of halogens is 1. The number of thioether (sulfide) groups is 1.